The fraction of sp³-hybridized carbons (Fsp3) is 0.0833. The number of nitrogens with two attached hydrogens (primary N) is 1. The molecule has 1 aromatic carbocycles. The monoisotopic (exact) mass is 318 g/mol. The second-order valence-electron chi connectivity index (χ2n) is 3.79. The molecule has 1 heterocycles. The Morgan fingerprint density at radius 1 is 1.32 bits per heavy atom. The smallest absolute Gasteiger partial charge is 0.239 e. The van der Waals surface area contributed by atoms with Crippen molar-refractivity contribution in [3.8, 4) is 6.07 Å². The quantitative estimate of drug-likeness (QED) is 0.593. The number of hydrogen-bond acceptors (Lipinski definition) is 6. The summed E-state index contributed by atoms with van der Waals surface area (Å²) in [5.74, 6) is 6.26. The van der Waals surface area contributed by atoms with Gasteiger partial charge in [-0.1, -0.05) is 0 Å². The van der Waals surface area contributed by atoms with Crippen LogP contribution in [0.4, 0.5) is 17.5 Å². The summed E-state index contributed by atoms with van der Waals surface area (Å²) in [5.41, 5.74) is 4.59. The predicted molar refractivity (Wildman–Crippen MR) is 76.7 cm³/mol. The number of aryl methyl sites for hydroxylation is 1. The third-order valence-corrected chi connectivity index (χ3v) is 3.00. The van der Waals surface area contributed by atoms with Gasteiger partial charge in [0.1, 0.15) is 5.82 Å². The summed E-state index contributed by atoms with van der Waals surface area (Å²) < 4.78 is 0.782. The number of hydrogen-bond donors (Lipinski definition) is 3. The highest BCUT2D eigenvalue weighted by Crippen LogP contribution is 2.26. The number of rotatable bonds is 3. The summed E-state index contributed by atoms with van der Waals surface area (Å²) in [6.07, 6.45) is 0. The number of aromatic nitrogens is 2. The highest BCUT2D eigenvalue weighted by Gasteiger charge is 2.05. The Morgan fingerprint density at radius 2 is 2.11 bits per heavy atom. The SMILES string of the molecule is Cc1cc(Nc2ccc(C#N)cc2Br)nc(NN)n1. The van der Waals surface area contributed by atoms with Gasteiger partial charge in [-0.3, -0.25) is 5.43 Å². The summed E-state index contributed by atoms with van der Waals surface area (Å²) in [6.45, 7) is 1.85. The van der Waals surface area contributed by atoms with Crippen molar-refractivity contribution in [2.24, 2.45) is 5.84 Å². The first kappa shape index (κ1) is 13.3. The van der Waals surface area contributed by atoms with Crippen LogP contribution in [0.2, 0.25) is 0 Å². The zero-order chi connectivity index (χ0) is 13.8. The Balaban J connectivity index is 2.31. The van der Waals surface area contributed by atoms with E-state index in [1.54, 1.807) is 24.3 Å². The molecule has 4 N–H and O–H groups in total. The van der Waals surface area contributed by atoms with Crippen molar-refractivity contribution in [3.05, 3.63) is 40.0 Å². The van der Waals surface area contributed by atoms with E-state index in [2.05, 4.69) is 42.7 Å². The van der Waals surface area contributed by atoms with Gasteiger partial charge in [-0.2, -0.15) is 10.2 Å². The maximum Gasteiger partial charge on any atom is 0.239 e. The molecule has 0 radical (unpaired) electrons. The van der Waals surface area contributed by atoms with Crippen LogP contribution >= 0.6 is 15.9 Å². The van der Waals surface area contributed by atoms with Crippen molar-refractivity contribution < 1.29 is 0 Å². The molecule has 0 aliphatic heterocycles. The van der Waals surface area contributed by atoms with Gasteiger partial charge in [0.15, 0.2) is 0 Å². The molecule has 0 aliphatic carbocycles. The molecule has 7 heteroatoms. The Morgan fingerprint density at radius 3 is 2.74 bits per heavy atom. The van der Waals surface area contributed by atoms with Crippen molar-refractivity contribution >= 4 is 33.4 Å². The lowest BCUT2D eigenvalue weighted by Gasteiger charge is -2.09. The number of anilines is 3. The second-order valence-corrected chi connectivity index (χ2v) is 4.65. The molecule has 0 saturated carbocycles. The van der Waals surface area contributed by atoms with Crippen LogP contribution in [0.5, 0.6) is 0 Å². The first-order chi connectivity index (χ1) is 9.12. The van der Waals surface area contributed by atoms with Crippen LogP contribution in [0.1, 0.15) is 11.3 Å². The molecule has 96 valence electrons. The number of nitriles is 1. The molecule has 0 unspecified atom stereocenters. The molecule has 2 rings (SSSR count). The number of nitrogens with zero attached hydrogens (tertiary/aromatic N) is 3. The molecule has 0 atom stereocenters. The van der Waals surface area contributed by atoms with Crippen LogP contribution in [0.3, 0.4) is 0 Å². The maximum absolute atomic E-state index is 8.81. The number of halogens is 1. The van der Waals surface area contributed by atoms with Crippen molar-refractivity contribution in [1.82, 2.24) is 9.97 Å². The molecule has 0 aliphatic rings. The van der Waals surface area contributed by atoms with Crippen LogP contribution in [0, 0.1) is 18.3 Å². The minimum atomic E-state index is 0.340. The van der Waals surface area contributed by atoms with Crippen molar-refractivity contribution in [3.63, 3.8) is 0 Å². The summed E-state index contributed by atoms with van der Waals surface area (Å²) in [7, 11) is 0. The van der Waals surface area contributed by atoms with Gasteiger partial charge in [0.25, 0.3) is 0 Å². The van der Waals surface area contributed by atoms with E-state index in [1.807, 2.05) is 6.92 Å². The van der Waals surface area contributed by atoms with E-state index in [0.717, 1.165) is 15.9 Å². The minimum absolute atomic E-state index is 0.340. The van der Waals surface area contributed by atoms with Crippen molar-refractivity contribution in [2.75, 3.05) is 10.7 Å². The van der Waals surface area contributed by atoms with E-state index in [1.165, 1.54) is 0 Å². The van der Waals surface area contributed by atoms with Gasteiger partial charge in [-0.25, -0.2) is 10.8 Å². The van der Waals surface area contributed by atoms with E-state index in [0.29, 0.717) is 17.3 Å². The van der Waals surface area contributed by atoms with Gasteiger partial charge >= 0.3 is 0 Å². The van der Waals surface area contributed by atoms with E-state index in [9.17, 15) is 0 Å². The zero-order valence-electron chi connectivity index (χ0n) is 10.1. The number of hydrazine groups is 1. The maximum atomic E-state index is 8.81. The molecule has 1 aromatic heterocycles. The zero-order valence-corrected chi connectivity index (χ0v) is 11.7. The van der Waals surface area contributed by atoms with Gasteiger partial charge in [0.05, 0.1) is 17.3 Å². The first-order valence-corrected chi connectivity index (χ1v) is 6.20. The lowest BCUT2D eigenvalue weighted by molar-refractivity contribution is 1.07. The normalized spacial score (nSPS) is 9.79. The largest absolute Gasteiger partial charge is 0.339 e. The topological polar surface area (TPSA) is 99.7 Å². The minimum Gasteiger partial charge on any atom is -0.339 e. The van der Waals surface area contributed by atoms with Crippen LogP contribution in [-0.2, 0) is 0 Å². The summed E-state index contributed by atoms with van der Waals surface area (Å²) in [5, 5.41) is 11.9. The van der Waals surface area contributed by atoms with Crippen LogP contribution in [0.15, 0.2) is 28.7 Å². The van der Waals surface area contributed by atoms with Gasteiger partial charge < -0.3 is 5.32 Å². The fourth-order valence-electron chi connectivity index (χ4n) is 1.52. The molecule has 19 heavy (non-hydrogen) atoms. The van der Waals surface area contributed by atoms with Crippen molar-refractivity contribution in [2.45, 2.75) is 6.92 Å². The highest BCUT2D eigenvalue weighted by molar-refractivity contribution is 9.10. The number of benzene rings is 1. The Kier molecular flexibility index (Phi) is 3.94. The average molecular weight is 319 g/mol. The highest BCUT2D eigenvalue weighted by atomic mass is 79.9. The third kappa shape index (κ3) is 3.19. The molecular formula is C12H11BrN6. The molecule has 0 fully saturated rings. The Bertz CT molecular complexity index is 649. The average Bonchev–Trinajstić information content (AvgIpc) is 2.40. The number of nitrogen functional groups attached to an aromatic ring is 1. The molecule has 6 nitrogen and oxygen atoms in total. The van der Waals surface area contributed by atoms with Crippen LogP contribution < -0.4 is 16.6 Å². The van der Waals surface area contributed by atoms with Gasteiger partial charge in [0.2, 0.25) is 5.95 Å². The van der Waals surface area contributed by atoms with E-state index in [4.69, 9.17) is 11.1 Å². The van der Waals surface area contributed by atoms with Gasteiger partial charge in [-0.05, 0) is 41.1 Å². The van der Waals surface area contributed by atoms with Gasteiger partial charge in [0, 0.05) is 16.2 Å². The summed E-state index contributed by atoms with van der Waals surface area (Å²) >= 11 is 3.40. The summed E-state index contributed by atoms with van der Waals surface area (Å²) in [4.78, 5) is 8.29. The predicted octanol–water partition coefficient (Wildman–Crippen LogP) is 2.45. The third-order valence-electron chi connectivity index (χ3n) is 2.34. The summed E-state index contributed by atoms with van der Waals surface area (Å²) in [6, 6.07) is 9.13. The standard InChI is InChI=1S/C12H11BrN6/c1-7-4-11(18-12(16-7)19-15)17-10-3-2-8(6-14)5-9(10)13/h2-5H,15H2,1H3,(H2,16,17,18,19). The molecule has 0 amide bonds. The molecule has 2 aromatic rings. The van der Waals surface area contributed by atoms with Crippen LogP contribution in [-0.4, -0.2) is 9.97 Å². The van der Waals surface area contributed by atoms with E-state index < -0.39 is 0 Å². The van der Waals surface area contributed by atoms with Crippen LogP contribution in [0.25, 0.3) is 0 Å². The van der Waals surface area contributed by atoms with E-state index >= 15 is 0 Å². The lowest BCUT2D eigenvalue weighted by Crippen LogP contribution is -2.11. The first-order valence-electron chi connectivity index (χ1n) is 5.41. The molecule has 0 bridgehead atoms. The molecule has 0 spiro atoms. The second kappa shape index (κ2) is 5.65. The molecule has 0 saturated heterocycles. The molecular weight excluding hydrogens is 308 g/mol. The number of nitrogens with one attached hydrogen (secondary N) is 2. The Labute approximate surface area is 118 Å². The van der Waals surface area contributed by atoms with E-state index in [-0.39, 0.29) is 0 Å². The van der Waals surface area contributed by atoms with Gasteiger partial charge in [-0.15, -0.1) is 0 Å². The van der Waals surface area contributed by atoms with Crippen molar-refractivity contribution in [1.29, 1.82) is 5.26 Å². The fourth-order valence-corrected chi connectivity index (χ4v) is 2.00. The Hall–Kier alpha value is -2.17. The lowest BCUT2D eigenvalue weighted by atomic mass is 10.2.